The Bertz CT molecular complexity index is 604. The van der Waals surface area contributed by atoms with Crippen LogP contribution in [0, 0.1) is 5.82 Å². The lowest BCUT2D eigenvalue weighted by Crippen LogP contribution is -2.16. The zero-order valence-corrected chi connectivity index (χ0v) is 10.7. The molecule has 0 bridgehead atoms. The van der Waals surface area contributed by atoms with Gasteiger partial charge in [0.05, 0.1) is 30.6 Å². The first-order valence-electron chi connectivity index (χ1n) is 6.03. The van der Waals surface area contributed by atoms with Crippen LogP contribution in [0.25, 0.3) is 0 Å². The van der Waals surface area contributed by atoms with Gasteiger partial charge in [-0.25, -0.2) is 4.39 Å². The number of hydrogen-bond donors (Lipinski definition) is 2. The third kappa shape index (κ3) is 3.68. The van der Waals surface area contributed by atoms with Gasteiger partial charge < -0.3 is 15.8 Å². The Morgan fingerprint density at radius 2 is 2.15 bits per heavy atom. The lowest BCUT2D eigenvalue weighted by atomic mass is 10.3. The fourth-order valence-electron chi connectivity index (χ4n) is 1.55. The number of anilines is 2. The van der Waals surface area contributed by atoms with E-state index in [1.807, 2.05) is 0 Å². The van der Waals surface area contributed by atoms with Gasteiger partial charge in [0.2, 0.25) is 5.91 Å². The Labute approximate surface area is 115 Å². The van der Waals surface area contributed by atoms with E-state index in [4.69, 9.17) is 10.5 Å². The van der Waals surface area contributed by atoms with E-state index in [1.54, 1.807) is 24.3 Å². The maximum atomic E-state index is 13.3. The van der Waals surface area contributed by atoms with Crippen LogP contribution in [0.4, 0.5) is 15.8 Å². The van der Waals surface area contributed by atoms with Gasteiger partial charge in [0, 0.05) is 6.20 Å². The van der Waals surface area contributed by atoms with E-state index in [0.29, 0.717) is 11.4 Å². The molecule has 3 N–H and O–H groups in total. The normalized spacial score (nSPS) is 10.1. The van der Waals surface area contributed by atoms with Gasteiger partial charge in [0.15, 0.2) is 5.82 Å². The van der Waals surface area contributed by atoms with Gasteiger partial charge in [-0.3, -0.25) is 9.78 Å². The van der Waals surface area contributed by atoms with Crippen molar-refractivity contribution >= 4 is 17.3 Å². The van der Waals surface area contributed by atoms with Crippen LogP contribution in [0.2, 0.25) is 0 Å². The number of benzene rings is 1. The third-order valence-corrected chi connectivity index (χ3v) is 2.55. The maximum absolute atomic E-state index is 13.3. The molecule has 2 rings (SSSR count). The van der Waals surface area contributed by atoms with Crippen molar-refractivity contribution in [2.24, 2.45) is 0 Å². The fourth-order valence-corrected chi connectivity index (χ4v) is 1.55. The molecule has 0 aliphatic heterocycles. The molecule has 0 unspecified atom stereocenters. The second-order valence-corrected chi connectivity index (χ2v) is 4.04. The number of nitrogens with zero attached hydrogens (tertiary/aromatic N) is 1. The van der Waals surface area contributed by atoms with Crippen LogP contribution in [-0.2, 0) is 4.79 Å². The van der Waals surface area contributed by atoms with Gasteiger partial charge in [-0.05, 0) is 18.2 Å². The minimum Gasteiger partial charge on any atom is -0.491 e. The smallest absolute Gasteiger partial charge is 0.227 e. The summed E-state index contributed by atoms with van der Waals surface area (Å²) in [6.07, 6.45) is 2.53. The standard InChI is InChI=1S/C14H14FN3O2/c15-10-9-17-7-5-12(10)18-14(19)6-8-20-13-4-2-1-3-11(13)16/h1-5,7,9H,6,8,16H2,(H,17,18,19). The summed E-state index contributed by atoms with van der Waals surface area (Å²) in [5, 5.41) is 2.45. The molecule has 1 amide bonds. The molecule has 5 nitrogen and oxygen atoms in total. The van der Waals surface area contributed by atoms with Gasteiger partial charge in [-0.2, -0.15) is 0 Å². The summed E-state index contributed by atoms with van der Waals surface area (Å²) in [7, 11) is 0. The molecule has 2 aromatic rings. The van der Waals surface area contributed by atoms with Gasteiger partial charge >= 0.3 is 0 Å². The molecule has 0 aliphatic carbocycles. The molecule has 0 atom stereocenters. The lowest BCUT2D eigenvalue weighted by molar-refractivity contribution is -0.116. The Morgan fingerprint density at radius 3 is 2.90 bits per heavy atom. The van der Waals surface area contributed by atoms with Crippen molar-refractivity contribution < 1.29 is 13.9 Å². The highest BCUT2D eigenvalue weighted by molar-refractivity contribution is 5.90. The molecule has 0 saturated carbocycles. The summed E-state index contributed by atoms with van der Waals surface area (Å²) in [4.78, 5) is 15.2. The number of amides is 1. The van der Waals surface area contributed by atoms with Crippen molar-refractivity contribution in [1.82, 2.24) is 4.98 Å². The number of rotatable bonds is 5. The Hall–Kier alpha value is -2.63. The zero-order chi connectivity index (χ0) is 14.4. The number of para-hydroxylation sites is 2. The van der Waals surface area contributed by atoms with Crippen LogP contribution in [0.5, 0.6) is 5.75 Å². The van der Waals surface area contributed by atoms with E-state index in [9.17, 15) is 9.18 Å². The van der Waals surface area contributed by atoms with Crippen LogP contribution >= 0.6 is 0 Å². The summed E-state index contributed by atoms with van der Waals surface area (Å²) in [6, 6.07) is 8.40. The van der Waals surface area contributed by atoms with Crippen molar-refractivity contribution in [1.29, 1.82) is 0 Å². The topological polar surface area (TPSA) is 77.2 Å². The second-order valence-electron chi connectivity index (χ2n) is 4.04. The van der Waals surface area contributed by atoms with Crippen LogP contribution in [0.1, 0.15) is 6.42 Å². The first-order valence-corrected chi connectivity index (χ1v) is 6.03. The Morgan fingerprint density at radius 1 is 1.35 bits per heavy atom. The maximum Gasteiger partial charge on any atom is 0.227 e. The van der Waals surface area contributed by atoms with Crippen molar-refractivity contribution in [2.75, 3.05) is 17.7 Å². The Balaban J connectivity index is 1.82. The van der Waals surface area contributed by atoms with Gasteiger partial charge in [-0.1, -0.05) is 12.1 Å². The minimum atomic E-state index is -0.575. The first-order chi connectivity index (χ1) is 9.66. The molecule has 0 radical (unpaired) electrons. The number of nitrogens with two attached hydrogens (primary N) is 1. The number of carbonyl (C=O) groups is 1. The van der Waals surface area contributed by atoms with E-state index in [-0.39, 0.29) is 24.6 Å². The predicted molar refractivity (Wildman–Crippen MR) is 73.8 cm³/mol. The van der Waals surface area contributed by atoms with Crippen molar-refractivity contribution in [3.8, 4) is 5.75 Å². The molecule has 104 valence electrons. The molecule has 1 aromatic heterocycles. The summed E-state index contributed by atoms with van der Waals surface area (Å²) < 4.78 is 18.6. The number of nitrogen functional groups attached to an aromatic ring is 1. The molecule has 1 aromatic carbocycles. The molecule has 1 heterocycles. The molecule has 0 aliphatic rings. The molecular weight excluding hydrogens is 261 g/mol. The fraction of sp³-hybridized carbons (Fsp3) is 0.143. The highest BCUT2D eigenvalue weighted by atomic mass is 19.1. The van der Waals surface area contributed by atoms with Gasteiger partial charge in [0.25, 0.3) is 0 Å². The quantitative estimate of drug-likeness (QED) is 0.820. The molecular formula is C14H14FN3O2. The predicted octanol–water partition coefficient (Wildman–Crippen LogP) is 2.21. The number of carbonyl (C=O) groups excluding carboxylic acids is 1. The van der Waals surface area contributed by atoms with Crippen LogP contribution in [0.15, 0.2) is 42.7 Å². The highest BCUT2D eigenvalue weighted by Crippen LogP contribution is 2.19. The number of hydrogen-bond acceptors (Lipinski definition) is 4. The van der Waals surface area contributed by atoms with Crippen molar-refractivity contribution in [3.05, 3.63) is 48.5 Å². The molecule has 0 saturated heterocycles. The van der Waals surface area contributed by atoms with E-state index >= 15 is 0 Å². The third-order valence-electron chi connectivity index (χ3n) is 2.55. The average Bonchev–Trinajstić information content (AvgIpc) is 2.43. The number of aromatic nitrogens is 1. The summed E-state index contributed by atoms with van der Waals surface area (Å²) >= 11 is 0. The van der Waals surface area contributed by atoms with Crippen LogP contribution in [0.3, 0.4) is 0 Å². The van der Waals surface area contributed by atoms with Crippen molar-refractivity contribution in [3.63, 3.8) is 0 Å². The van der Waals surface area contributed by atoms with Gasteiger partial charge in [0.1, 0.15) is 5.75 Å². The van der Waals surface area contributed by atoms with Crippen LogP contribution < -0.4 is 15.8 Å². The lowest BCUT2D eigenvalue weighted by Gasteiger charge is -2.09. The molecule has 6 heteroatoms. The summed E-state index contributed by atoms with van der Waals surface area (Å²) in [5.74, 6) is -0.394. The highest BCUT2D eigenvalue weighted by Gasteiger charge is 2.07. The SMILES string of the molecule is Nc1ccccc1OCCC(=O)Nc1ccncc1F. The molecule has 0 spiro atoms. The van der Waals surface area contributed by atoms with Crippen molar-refractivity contribution in [2.45, 2.75) is 6.42 Å². The zero-order valence-electron chi connectivity index (χ0n) is 10.7. The van der Waals surface area contributed by atoms with E-state index < -0.39 is 5.82 Å². The minimum absolute atomic E-state index is 0.0934. The number of ether oxygens (including phenoxy) is 1. The molecule has 20 heavy (non-hydrogen) atoms. The Kier molecular flexibility index (Phi) is 4.49. The molecule has 0 fully saturated rings. The van der Waals surface area contributed by atoms with Gasteiger partial charge in [-0.15, -0.1) is 0 Å². The summed E-state index contributed by atoms with van der Waals surface area (Å²) in [6.45, 7) is 0.159. The van der Waals surface area contributed by atoms with E-state index in [0.717, 1.165) is 6.20 Å². The first kappa shape index (κ1) is 13.8. The van der Waals surface area contributed by atoms with E-state index in [1.165, 1.54) is 12.3 Å². The number of halogens is 1. The number of nitrogens with one attached hydrogen (secondary N) is 1. The number of pyridine rings is 1. The largest absolute Gasteiger partial charge is 0.491 e. The van der Waals surface area contributed by atoms with E-state index in [2.05, 4.69) is 10.3 Å². The monoisotopic (exact) mass is 275 g/mol. The van der Waals surface area contributed by atoms with Crippen LogP contribution in [-0.4, -0.2) is 17.5 Å². The summed E-state index contributed by atoms with van der Waals surface area (Å²) in [5.41, 5.74) is 6.31. The second kappa shape index (κ2) is 6.51. The average molecular weight is 275 g/mol.